The molecule has 26 heavy (non-hydrogen) atoms. The molecule has 4 nitrogen and oxygen atoms in total. The van der Waals surface area contributed by atoms with Crippen LogP contribution in [0.2, 0.25) is 0 Å². The number of ketones is 1. The number of benzene rings is 1. The first kappa shape index (κ1) is 18.6. The van der Waals surface area contributed by atoms with Crippen LogP contribution < -0.4 is 0 Å². The third kappa shape index (κ3) is 4.52. The number of thioether (sulfide) groups is 1. The van der Waals surface area contributed by atoms with Gasteiger partial charge in [0, 0.05) is 48.3 Å². The summed E-state index contributed by atoms with van der Waals surface area (Å²) in [6.45, 7) is 1.29. The van der Waals surface area contributed by atoms with Gasteiger partial charge in [0.2, 0.25) is 5.91 Å². The van der Waals surface area contributed by atoms with Gasteiger partial charge in [-0.25, -0.2) is 0 Å². The van der Waals surface area contributed by atoms with Gasteiger partial charge in [-0.3, -0.25) is 14.6 Å². The molecule has 0 radical (unpaired) electrons. The van der Waals surface area contributed by atoms with Crippen LogP contribution >= 0.6 is 11.8 Å². The molecule has 1 aliphatic rings. The van der Waals surface area contributed by atoms with E-state index in [0.717, 1.165) is 35.4 Å². The lowest BCUT2D eigenvalue weighted by Crippen LogP contribution is -2.42. The zero-order valence-corrected chi connectivity index (χ0v) is 15.9. The highest BCUT2D eigenvalue weighted by Gasteiger charge is 2.29. The van der Waals surface area contributed by atoms with E-state index in [1.807, 2.05) is 47.6 Å². The van der Waals surface area contributed by atoms with Gasteiger partial charge in [-0.2, -0.15) is 0 Å². The van der Waals surface area contributed by atoms with E-state index in [4.69, 9.17) is 0 Å². The quantitative estimate of drug-likeness (QED) is 0.574. The Morgan fingerprint density at radius 3 is 2.73 bits per heavy atom. The zero-order chi connectivity index (χ0) is 18.4. The van der Waals surface area contributed by atoms with Gasteiger partial charge < -0.3 is 4.90 Å². The number of amides is 1. The maximum Gasteiger partial charge on any atom is 0.222 e. The third-order valence-corrected chi connectivity index (χ3v) is 5.69. The molecular weight excluding hydrogens is 344 g/mol. The van der Waals surface area contributed by atoms with Gasteiger partial charge in [0.25, 0.3) is 0 Å². The molecule has 1 fully saturated rings. The third-order valence-electron chi connectivity index (χ3n) is 4.89. The van der Waals surface area contributed by atoms with Crippen LogP contribution in [0.15, 0.2) is 53.7 Å². The van der Waals surface area contributed by atoms with Crippen molar-refractivity contribution in [2.45, 2.75) is 30.6 Å². The maximum atomic E-state index is 13.0. The molecule has 5 heteroatoms. The van der Waals surface area contributed by atoms with Crippen molar-refractivity contribution < 1.29 is 9.59 Å². The Labute approximate surface area is 159 Å². The number of hydrogen-bond donors (Lipinski definition) is 0. The second-order valence-corrected chi connectivity index (χ2v) is 7.45. The molecule has 1 amide bonds. The molecule has 136 valence electrons. The Kier molecular flexibility index (Phi) is 6.45. The van der Waals surface area contributed by atoms with Crippen LogP contribution in [0.1, 0.15) is 35.2 Å². The maximum absolute atomic E-state index is 13.0. The number of likely N-dealkylation sites (tertiary alicyclic amines) is 1. The molecule has 1 aromatic heterocycles. The number of aromatic nitrogens is 1. The van der Waals surface area contributed by atoms with Gasteiger partial charge in [-0.05, 0) is 49.3 Å². The molecule has 0 spiro atoms. The Balaban J connectivity index is 1.61. The van der Waals surface area contributed by atoms with E-state index < -0.39 is 0 Å². The SMILES string of the molecule is CSc1ccccc1C(=O)[C@H]1CCCN(C(=O)CCc2ccncc2)C1. The number of rotatable bonds is 6. The first-order valence-corrected chi connectivity index (χ1v) is 10.3. The first-order chi connectivity index (χ1) is 12.7. The highest BCUT2D eigenvalue weighted by molar-refractivity contribution is 7.98. The lowest BCUT2D eigenvalue weighted by atomic mass is 9.89. The lowest BCUT2D eigenvalue weighted by molar-refractivity contribution is -0.132. The molecule has 1 aromatic carbocycles. The molecule has 2 aromatic rings. The molecule has 1 aliphatic heterocycles. The second-order valence-electron chi connectivity index (χ2n) is 6.60. The van der Waals surface area contributed by atoms with Crippen molar-refractivity contribution in [2.24, 2.45) is 5.92 Å². The first-order valence-electron chi connectivity index (χ1n) is 9.03. The van der Waals surface area contributed by atoms with Crippen molar-refractivity contribution in [1.29, 1.82) is 0 Å². The van der Waals surface area contributed by atoms with Crippen LogP contribution in [0, 0.1) is 5.92 Å². The average Bonchev–Trinajstić information content (AvgIpc) is 2.72. The van der Waals surface area contributed by atoms with E-state index in [2.05, 4.69) is 4.98 Å². The molecule has 1 saturated heterocycles. The summed E-state index contributed by atoms with van der Waals surface area (Å²) in [5, 5.41) is 0. The summed E-state index contributed by atoms with van der Waals surface area (Å²) in [4.78, 5) is 32.4. The predicted octanol–water partition coefficient (Wildman–Crippen LogP) is 3.86. The summed E-state index contributed by atoms with van der Waals surface area (Å²) in [7, 11) is 0. The van der Waals surface area contributed by atoms with Crippen molar-refractivity contribution in [1.82, 2.24) is 9.88 Å². The van der Waals surface area contributed by atoms with Crippen molar-refractivity contribution in [3.63, 3.8) is 0 Å². The van der Waals surface area contributed by atoms with Gasteiger partial charge in [0.05, 0.1) is 0 Å². The Bertz CT molecular complexity index is 764. The van der Waals surface area contributed by atoms with E-state index in [0.29, 0.717) is 19.4 Å². The second kappa shape index (κ2) is 8.99. The van der Waals surface area contributed by atoms with Gasteiger partial charge in [-0.15, -0.1) is 11.8 Å². The highest BCUT2D eigenvalue weighted by Crippen LogP contribution is 2.27. The van der Waals surface area contributed by atoms with Crippen molar-refractivity contribution in [3.8, 4) is 0 Å². The van der Waals surface area contributed by atoms with Gasteiger partial charge in [-0.1, -0.05) is 18.2 Å². The van der Waals surface area contributed by atoms with Gasteiger partial charge >= 0.3 is 0 Å². The fourth-order valence-electron chi connectivity index (χ4n) is 3.44. The minimum Gasteiger partial charge on any atom is -0.342 e. The summed E-state index contributed by atoms with van der Waals surface area (Å²) in [5.74, 6) is 0.209. The van der Waals surface area contributed by atoms with E-state index in [9.17, 15) is 9.59 Å². The van der Waals surface area contributed by atoms with Crippen LogP contribution in [-0.2, 0) is 11.2 Å². The molecule has 0 unspecified atom stereocenters. The minimum atomic E-state index is -0.0954. The normalized spacial score (nSPS) is 17.1. The van der Waals surface area contributed by atoms with E-state index in [1.165, 1.54) is 0 Å². The van der Waals surface area contributed by atoms with Crippen LogP contribution in [0.25, 0.3) is 0 Å². The molecule has 0 N–H and O–H groups in total. The molecule has 3 rings (SSSR count). The number of carbonyl (C=O) groups excluding carboxylic acids is 2. The summed E-state index contributed by atoms with van der Waals surface area (Å²) < 4.78 is 0. The van der Waals surface area contributed by atoms with E-state index >= 15 is 0 Å². The smallest absolute Gasteiger partial charge is 0.222 e. The highest BCUT2D eigenvalue weighted by atomic mass is 32.2. The minimum absolute atomic E-state index is 0.0954. The van der Waals surface area contributed by atoms with Crippen molar-refractivity contribution >= 4 is 23.5 Å². The number of hydrogen-bond acceptors (Lipinski definition) is 4. The van der Waals surface area contributed by atoms with Crippen LogP contribution in [0.5, 0.6) is 0 Å². The molecule has 0 bridgehead atoms. The average molecular weight is 369 g/mol. The molecular formula is C21H24N2O2S. The summed E-state index contributed by atoms with van der Waals surface area (Å²) in [5.41, 5.74) is 1.91. The number of pyridine rings is 1. The summed E-state index contributed by atoms with van der Waals surface area (Å²) in [6, 6.07) is 11.6. The molecule has 0 aliphatic carbocycles. The Hall–Kier alpha value is -2.14. The van der Waals surface area contributed by atoms with Gasteiger partial charge in [0.15, 0.2) is 5.78 Å². The van der Waals surface area contributed by atoms with Crippen LogP contribution in [-0.4, -0.2) is 40.9 Å². The number of nitrogens with zero attached hydrogens (tertiary/aromatic N) is 2. The van der Waals surface area contributed by atoms with E-state index in [1.54, 1.807) is 24.2 Å². The number of piperidine rings is 1. The Morgan fingerprint density at radius 2 is 1.96 bits per heavy atom. The van der Waals surface area contributed by atoms with Crippen LogP contribution in [0.4, 0.5) is 0 Å². The standard InChI is InChI=1S/C21H24N2O2S/c1-26-19-7-3-2-6-18(19)21(25)17-5-4-14-23(15-17)20(24)9-8-16-10-12-22-13-11-16/h2-3,6-7,10-13,17H,4-5,8-9,14-15H2,1H3/t17-/m0/s1. The van der Waals surface area contributed by atoms with Crippen molar-refractivity contribution in [2.75, 3.05) is 19.3 Å². The van der Waals surface area contributed by atoms with Crippen molar-refractivity contribution in [3.05, 3.63) is 59.9 Å². The number of Topliss-reactive ketones (excluding diaryl/α,β-unsaturated/α-hetero) is 1. The summed E-state index contributed by atoms with van der Waals surface area (Å²) in [6.07, 6.45) is 8.42. The fraction of sp³-hybridized carbons (Fsp3) is 0.381. The van der Waals surface area contributed by atoms with E-state index in [-0.39, 0.29) is 17.6 Å². The Morgan fingerprint density at radius 1 is 1.19 bits per heavy atom. The predicted molar refractivity (Wildman–Crippen MR) is 104 cm³/mol. The topological polar surface area (TPSA) is 50.3 Å². The molecule has 0 saturated carbocycles. The summed E-state index contributed by atoms with van der Waals surface area (Å²) >= 11 is 1.59. The van der Waals surface area contributed by atoms with Crippen LogP contribution in [0.3, 0.4) is 0 Å². The zero-order valence-electron chi connectivity index (χ0n) is 15.1. The lowest BCUT2D eigenvalue weighted by Gasteiger charge is -2.32. The molecule has 1 atom stereocenters. The monoisotopic (exact) mass is 368 g/mol. The largest absolute Gasteiger partial charge is 0.342 e. The van der Waals surface area contributed by atoms with Gasteiger partial charge in [0.1, 0.15) is 0 Å². The fourth-order valence-corrected chi connectivity index (χ4v) is 4.05. The molecule has 2 heterocycles. The number of aryl methyl sites for hydroxylation is 1. The number of carbonyl (C=O) groups is 2.